The van der Waals surface area contributed by atoms with Crippen molar-refractivity contribution in [3.63, 3.8) is 0 Å². The van der Waals surface area contributed by atoms with Crippen molar-refractivity contribution in [3.8, 4) is 34.5 Å². The first-order valence-electron chi connectivity index (χ1n) is 5.56. The minimum absolute atomic E-state index is 0.0291. The summed E-state index contributed by atoms with van der Waals surface area (Å²) in [6, 6.07) is 6.15. The second kappa shape index (κ2) is 4.16. The van der Waals surface area contributed by atoms with E-state index in [1.807, 2.05) is 6.92 Å². The maximum atomic E-state index is 9.73. The molecule has 0 radical (unpaired) electrons. The second-order valence-corrected chi connectivity index (χ2v) is 4.03. The van der Waals surface area contributed by atoms with Crippen LogP contribution in [0.2, 0.25) is 0 Å². The Labute approximate surface area is 107 Å². The van der Waals surface area contributed by atoms with Gasteiger partial charge in [-0.3, -0.25) is 0 Å². The summed E-state index contributed by atoms with van der Waals surface area (Å²) in [6.07, 6.45) is 1.53. The predicted molar refractivity (Wildman–Crippen MR) is 65.5 cm³/mol. The Morgan fingerprint density at radius 3 is 2.47 bits per heavy atom. The molecule has 1 aromatic carbocycles. The molecule has 0 unspecified atom stereocenters. The zero-order valence-corrected chi connectivity index (χ0v) is 9.99. The standard InChI is InChI=1S/C13H10N2O4/c1-7-5-6-18-11(7)12-14-13(19-15-12)10-8(16)3-2-4-9(10)17/h2-6,16-17H,1H3. The van der Waals surface area contributed by atoms with Gasteiger partial charge in [0.2, 0.25) is 5.82 Å². The summed E-state index contributed by atoms with van der Waals surface area (Å²) < 4.78 is 10.3. The zero-order valence-electron chi connectivity index (χ0n) is 9.99. The quantitative estimate of drug-likeness (QED) is 0.734. The molecule has 0 spiro atoms. The molecule has 0 bridgehead atoms. The highest BCUT2D eigenvalue weighted by molar-refractivity contribution is 5.70. The molecule has 0 atom stereocenters. The van der Waals surface area contributed by atoms with Gasteiger partial charge in [-0.15, -0.1) is 0 Å². The Bertz CT molecular complexity index is 710. The van der Waals surface area contributed by atoms with Gasteiger partial charge in [-0.1, -0.05) is 11.2 Å². The van der Waals surface area contributed by atoms with Gasteiger partial charge in [0, 0.05) is 0 Å². The van der Waals surface area contributed by atoms with Crippen LogP contribution in [0.4, 0.5) is 0 Å². The summed E-state index contributed by atoms with van der Waals surface area (Å²) >= 11 is 0. The van der Waals surface area contributed by atoms with E-state index in [2.05, 4.69) is 10.1 Å². The molecule has 0 saturated carbocycles. The number of furan rings is 1. The van der Waals surface area contributed by atoms with E-state index in [0.29, 0.717) is 5.76 Å². The molecule has 96 valence electrons. The maximum Gasteiger partial charge on any atom is 0.265 e. The van der Waals surface area contributed by atoms with Crippen molar-refractivity contribution < 1.29 is 19.2 Å². The lowest BCUT2D eigenvalue weighted by atomic mass is 10.2. The van der Waals surface area contributed by atoms with Crippen molar-refractivity contribution in [3.05, 3.63) is 36.1 Å². The molecule has 2 aromatic heterocycles. The van der Waals surface area contributed by atoms with Gasteiger partial charge in [-0.25, -0.2) is 0 Å². The summed E-state index contributed by atoms with van der Waals surface area (Å²) in [5.41, 5.74) is 0.972. The Morgan fingerprint density at radius 1 is 1.11 bits per heavy atom. The Hall–Kier alpha value is -2.76. The number of benzene rings is 1. The fraction of sp³-hybridized carbons (Fsp3) is 0.0769. The van der Waals surface area contributed by atoms with Gasteiger partial charge in [-0.2, -0.15) is 4.98 Å². The van der Waals surface area contributed by atoms with Crippen LogP contribution in [-0.2, 0) is 0 Å². The third kappa shape index (κ3) is 1.83. The van der Waals surface area contributed by atoms with Crippen molar-refractivity contribution in [2.75, 3.05) is 0 Å². The largest absolute Gasteiger partial charge is 0.507 e. The first kappa shape index (κ1) is 11.3. The summed E-state index contributed by atoms with van der Waals surface area (Å²) in [7, 11) is 0. The van der Waals surface area contributed by atoms with Crippen molar-refractivity contribution in [2.45, 2.75) is 6.92 Å². The number of aromatic hydroxyl groups is 2. The van der Waals surface area contributed by atoms with Crippen LogP contribution in [0.25, 0.3) is 23.0 Å². The summed E-state index contributed by atoms with van der Waals surface area (Å²) in [5, 5.41) is 23.2. The monoisotopic (exact) mass is 258 g/mol. The van der Waals surface area contributed by atoms with E-state index in [1.54, 1.807) is 6.07 Å². The molecule has 19 heavy (non-hydrogen) atoms. The average molecular weight is 258 g/mol. The lowest BCUT2D eigenvalue weighted by molar-refractivity contribution is 0.414. The first-order valence-corrected chi connectivity index (χ1v) is 5.56. The summed E-state index contributed by atoms with van der Waals surface area (Å²) in [5.74, 6) is 0.518. The number of hydrogen-bond donors (Lipinski definition) is 2. The van der Waals surface area contributed by atoms with E-state index < -0.39 is 0 Å². The number of hydrogen-bond acceptors (Lipinski definition) is 6. The summed E-state index contributed by atoms with van der Waals surface area (Å²) in [6.45, 7) is 1.85. The average Bonchev–Trinajstić information content (AvgIpc) is 2.98. The van der Waals surface area contributed by atoms with Crippen LogP contribution in [-0.4, -0.2) is 20.4 Å². The normalized spacial score (nSPS) is 10.8. The number of phenols is 2. The smallest absolute Gasteiger partial charge is 0.265 e. The molecule has 3 rings (SSSR count). The molecule has 0 saturated heterocycles. The first-order chi connectivity index (χ1) is 9.16. The zero-order chi connectivity index (χ0) is 13.4. The molecule has 2 heterocycles. The van der Waals surface area contributed by atoms with E-state index in [1.165, 1.54) is 24.5 Å². The molecular weight excluding hydrogens is 248 g/mol. The van der Waals surface area contributed by atoms with E-state index in [4.69, 9.17) is 8.94 Å². The lowest BCUT2D eigenvalue weighted by Gasteiger charge is -2.00. The molecule has 6 nitrogen and oxygen atoms in total. The number of rotatable bonds is 2. The molecule has 3 aromatic rings. The van der Waals surface area contributed by atoms with E-state index in [9.17, 15) is 10.2 Å². The third-order valence-electron chi connectivity index (χ3n) is 2.73. The SMILES string of the molecule is Cc1ccoc1-c1noc(-c2c(O)cccc2O)n1. The maximum absolute atomic E-state index is 9.73. The van der Waals surface area contributed by atoms with Crippen LogP contribution in [0.3, 0.4) is 0 Å². The number of phenolic OH excluding ortho intramolecular Hbond substituents is 2. The summed E-state index contributed by atoms with van der Waals surface area (Å²) in [4.78, 5) is 4.11. The van der Waals surface area contributed by atoms with Gasteiger partial charge >= 0.3 is 0 Å². The fourth-order valence-electron chi connectivity index (χ4n) is 1.77. The lowest BCUT2D eigenvalue weighted by Crippen LogP contribution is -1.82. The van der Waals surface area contributed by atoms with E-state index >= 15 is 0 Å². The van der Waals surface area contributed by atoms with Gasteiger partial charge < -0.3 is 19.2 Å². The van der Waals surface area contributed by atoms with Crippen molar-refractivity contribution in [1.82, 2.24) is 10.1 Å². The molecule has 0 aliphatic heterocycles. The topological polar surface area (TPSA) is 92.5 Å². The molecule has 0 fully saturated rings. The van der Waals surface area contributed by atoms with Gasteiger partial charge in [0.25, 0.3) is 5.89 Å². The fourth-order valence-corrected chi connectivity index (χ4v) is 1.77. The van der Waals surface area contributed by atoms with Crippen molar-refractivity contribution >= 4 is 0 Å². The highest BCUT2D eigenvalue weighted by Crippen LogP contribution is 2.36. The Kier molecular flexibility index (Phi) is 2.49. The van der Waals surface area contributed by atoms with Crippen LogP contribution < -0.4 is 0 Å². The van der Waals surface area contributed by atoms with Crippen LogP contribution in [0, 0.1) is 6.92 Å². The number of aryl methyl sites for hydroxylation is 1. The Morgan fingerprint density at radius 2 is 1.84 bits per heavy atom. The number of nitrogens with zero attached hydrogens (tertiary/aromatic N) is 2. The van der Waals surface area contributed by atoms with Crippen LogP contribution in [0.5, 0.6) is 11.5 Å². The highest BCUT2D eigenvalue weighted by Gasteiger charge is 2.19. The van der Waals surface area contributed by atoms with Crippen molar-refractivity contribution in [1.29, 1.82) is 0 Å². The van der Waals surface area contributed by atoms with Gasteiger partial charge in [0.15, 0.2) is 5.76 Å². The van der Waals surface area contributed by atoms with E-state index in [-0.39, 0.29) is 28.8 Å². The minimum atomic E-state index is -0.133. The second-order valence-electron chi connectivity index (χ2n) is 4.03. The van der Waals surface area contributed by atoms with Crippen molar-refractivity contribution in [2.24, 2.45) is 0 Å². The molecule has 0 aliphatic carbocycles. The van der Waals surface area contributed by atoms with Crippen LogP contribution in [0.15, 0.2) is 39.5 Å². The molecule has 2 N–H and O–H groups in total. The van der Waals surface area contributed by atoms with Crippen LogP contribution >= 0.6 is 0 Å². The molecule has 0 aliphatic rings. The molecule has 0 amide bonds. The molecular formula is C13H10N2O4. The third-order valence-corrected chi connectivity index (χ3v) is 2.73. The van der Waals surface area contributed by atoms with Gasteiger partial charge in [0.1, 0.15) is 17.1 Å². The van der Waals surface area contributed by atoms with Crippen LogP contribution in [0.1, 0.15) is 5.56 Å². The van der Waals surface area contributed by atoms with Gasteiger partial charge in [0.05, 0.1) is 6.26 Å². The van der Waals surface area contributed by atoms with Gasteiger partial charge in [-0.05, 0) is 30.7 Å². The molecule has 6 heteroatoms. The van der Waals surface area contributed by atoms with E-state index in [0.717, 1.165) is 5.56 Å². The Balaban J connectivity index is 2.10. The predicted octanol–water partition coefficient (Wildman–Crippen LogP) is 2.72. The number of aromatic nitrogens is 2. The minimum Gasteiger partial charge on any atom is -0.507 e. The highest BCUT2D eigenvalue weighted by atomic mass is 16.5.